The van der Waals surface area contributed by atoms with E-state index in [0.29, 0.717) is 4.21 Å². The van der Waals surface area contributed by atoms with Crippen LogP contribution in [0, 0.1) is 12.7 Å². The maximum absolute atomic E-state index is 13.9. The molecule has 1 aliphatic heterocycles. The molecule has 152 valence electrons. The van der Waals surface area contributed by atoms with Crippen LogP contribution in [0.2, 0.25) is 0 Å². The number of hydrogen-bond donors (Lipinski definition) is 0. The number of rotatable bonds is 4. The van der Waals surface area contributed by atoms with Gasteiger partial charge in [-0.2, -0.15) is 4.31 Å². The number of carbonyl (C=O) groups excluding carboxylic acids is 1. The number of amides is 1. The summed E-state index contributed by atoms with van der Waals surface area (Å²) in [6.07, 6.45) is 0. The highest BCUT2D eigenvalue weighted by Gasteiger charge is 2.32. The lowest BCUT2D eigenvalue weighted by atomic mass is 10.1. The minimum atomic E-state index is -3.54. The molecule has 9 heteroatoms. The third-order valence-corrected chi connectivity index (χ3v) is 8.16. The quantitative estimate of drug-likeness (QED) is 0.629. The van der Waals surface area contributed by atoms with Crippen molar-refractivity contribution in [2.75, 3.05) is 26.2 Å². The number of halogens is 1. The predicted molar refractivity (Wildman–Crippen MR) is 108 cm³/mol. The molecule has 1 saturated heterocycles. The molecule has 1 aromatic carbocycles. The summed E-state index contributed by atoms with van der Waals surface area (Å²) in [6.45, 7) is 2.81. The number of benzene rings is 1. The minimum Gasteiger partial charge on any atom is -0.451 e. The van der Waals surface area contributed by atoms with Crippen molar-refractivity contribution in [3.63, 3.8) is 0 Å². The molecule has 29 heavy (non-hydrogen) atoms. The van der Waals surface area contributed by atoms with Gasteiger partial charge in [0, 0.05) is 31.1 Å². The first-order valence-electron chi connectivity index (χ1n) is 9.07. The Labute approximate surface area is 172 Å². The van der Waals surface area contributed by atoms with Gasteiger partial charge in [0.15, 0.2) is 5.76 Å². The minimum absolute atomic E-state index is 0.105. The van der Waals surface area contributed by atoms with E-state index >= 15 is 0 Å². The number of carbonyl (C=O) groups is 1. The molecule has 0 radical (unpaired) electrons. The number of hydrogen-bond acceptors (Lipinski definition) is 5. The van der Waals surface area contributed by atoms with Gasteiger partial charge >= 0.3 is 0 Å². The normalized spacial score (nSPS) is 15.6. The highest BCUT2D eigenvalue weighted by molar-refractivity contribution is 7.91. The first-order chi connectivity index (χ1) is 13.9. The standard InChI is InChI=1S/C20H19FN2O4S2/c1-14-6-9-19(28-14)29(25,26)23-12-10-22(11-13-23)20(24)18-8-7-17(27-18)15-4-2-3-5-16(15)21/h2-9H,10-13H2,1H3. The Morgan fingerprint density at radius 3 is 2.41 bits per heavy atom. The molecule has 0 bridgehead atoms. The molecular formula is C20H19FN2O4S2. The van der Waals surface area contributed by atoms with E-state index in [2.05, 4.69) is 0 Å². The first-order valence-corrected chi connectivity index (χ1v) is 11.3. The van der Waals surface area contributed by atoms with E-state index in [1.165, 1.54) is 27.8 Å². The molecule has 0 aliphatic carbocycles. The van der Waals surface area contributed by atoms with Crippen LogP contribution in [0.1, 0.15) is 15.4 Å². The van der Waals surface area contributed by atoms with Gasteiger partial charge in [-0.1, -0.05) is 12.1 Å². The predicted octanol–water partition coefficient (Wildman–Crippen LogP) is 3.60. The smallest absolute Gasteiger partial charge is 0.289 e. The van der Waals surface area contributed by atoms with E-state index in [-0.39, 0.29) is 49.2 Å². The van der Waals surface area contributed by atoms with Gasteiger partial charge in [0.25, 0.3) is 15.9 Å². The fourth-order valence-corrected chi connectivity index (χ4v) is 6.08. The summed E-state index contributed by atoms with van der Waals surface area (Å²) >= 11 is 1.24. The largest absolute Gasteiger partial charge is 0.451 e. The van der Waals surface area contributed by atoms with E-state index in [1.807, 2.05) is 6.92 Å². The zero-order valence-corrected chi connectivity index (χ0v) is 17.3. The first kappa shape index (κ1) is 19.8. The summed E-state index contributed by atoms with van der Waals surface area (Å²) in [7, 11) is -3.54. The van der Waals surface area contributed by atoms with Crippen LogP contribution in [0.15, 0.2) is 57.2 Å². The third-order valence-electron chi connectivity index (χ3n) is 4.79. The number of nitrogens with zero attached hydrogens (tertiary/aromatic N) is 2. The lowest BCUT2D eigenvalue weighted by molar-refractivity contribution is 0.0667. The van der Waals surface area contributed by atoms with Crippen LogP contribution in [-0.2, 0) is 10.0 Å². The van der Waals surface area contributed by atoms with Crippen molar-refractivity contribution >= 4 is 27.3 Å². The maximum atomic E-state index is 13.9. The Kier molecular flexibility index (Phi) is 5.28. The second-order valence-corrected chi connectivity index (χ2v) is 10.2. The summed E-state index contributed by atoms with van der Waals surface area (Å²) in [5, 5.41) is 0. The summed E-state index contributed by atoms with van der Waals surface area (Å²) in [6, 6.07) is 12.6. The Morgan fingerprint density at radius 2 is 1.76 bits per heavy atom. The molecule has 3 aromatic rings. The van der Waals surface area contributed by atoms with Crippen molar-refractivity contribution in [2.45, 2.75) is 11.1 Å². The maximum Gasteiger partial charge on any atom is 0.289 e. The molecule has 1 amide bonds. The Balaban J connectivity index is 1.44. The van der Waals surface area contributed by atoms with Gasteiger partial charge in [-0.25, -0.2) is 12.8 Å². The number of thiophene rings is 1. The Bertz CT molecular complexity index is 1140. The van der Waals surface area contributed by atoms with Crippen molar-refractivity contribution < 1.29 is 22.0 Å². The summed E-state index contributed by atoms with van der Waals surface area (Å²) in [4.78, 5) is 15.2. The molecule has 0 atom stereocenters. The lowest BCUT2D eigenvalue weighted by Gasteiger charge is -2.33. The van der Waals surface area contributed by atoms with Crippen LogP contribution in [-0.4, -0.2) is 49.7 Å². The second kappa shape index (κ2) is 7.74. The van der Waals surface area contributed by atoms with Gasteiger partial charge in [-0.05, 0) is 43.3 Å². The lowest BCUT2D eigenvalue weighted by Crippen LogP contribution is -2.50. The number of piperazine rings is 1. The molecular weight excluding hydrogens is 415 g/mol. The molecule has 0 N–H and O–H groups in total. The Hall–Kier alpha value is -2.49. The van der Waals surface area contributed by atoms with Crippen molar-refractivity contribution in [1.29, 1.82) is 0 Å². The fraction of sp³-hybridized carbons (Fsp3) is 0.250. The molecule has 1 aliphatic rings. The van der Waals surface area contributed by atoms with Crippen LogP contribution in [0.3, 0.4) is 0 Å². The molecule has 0 saturated carbocycles. The van der Waals surface area contributed by atoms with Crippen LogP contribution >= 0.6 is 11.3 Å². The summed E-state index contributed by atoms with van der Waals surface area (Å²) in [5.74, 6) is -0.380. The average molecular weight is 435 g/mol. The van der Waals surface area contributed by atoms with E-state index in [1.54, 1.807) is 41.3 Å². The summed E-state index contributed by atoms with van der Waals surface area (Å²) in [5.41, 5.74) is 0.286. The highest BCUT2D eigenvalue weighted by Crippen LogP contribution is 2.27. The molecule has 2 aromatic heterocycles. The van der Waals surface area contributed by atoms with E-state index in [4.69, 9.17) is 4.42 Å². The van der Waals surface area contributed by atoms with E-state index in [9.17, 15) is 17.6 Å². The van der Waals surface area contributed by atoms with Crippen molar-refractivity contribution in [3.8, 4) is 11.3 Å². The second-order valence-electron chi connectivity index (χ2n) is 6.71. The van der Waals surface area contributed by atoms with E-state index in [0.717, 1.165) is 4.88 Å². The van der Waals surface area contributed by atoms with Crippen molar-refractivity contribution in [3.05, 3.63) is 65.0 Å². The molecule has 6 nitrogen and oxygen atoms in total. The van der Waals surface area contributed by atoms with Crippen molar-refractivity contribution in [1.82, 2.24) is 9.21 Å². The van der Waals surface area contributed by atoms with Gasteiger partial charge in [-0.15, -0.1) is 11.3 Å². The number of aryl methyl sites for hydroxylation is 1. The zero-order chi connectivity index (χ0) is 20.6. The molecule has 0 spiro atoms. The van der Waals surface area contributed by atoms with Gasteiger partial charge in [0.05, 0.1) is 5.56 Å². The molecule has 4 rings (SSSR count). The van der Waals surface area contributed by atoms with E-state index < -0.39 is 15.8 Å². The highest BCUT2D eigenvalue weighted by atomic mass is 32.2. The number of furan rings is 1. The topological polar surface area (TPSA) is 70.8 Å². The van der Waals surface area contributed by atoms with Gasteiger partial charge in [-0.3, -0.25) is 4.79 Å². The average Bonchev–Trinajstić information content (AvgIpc) is 3.38. The van der Waals surface area contributed by atoms with Crippen LogP contribution in [0.4, 0.5) is 4.39 Å². The molecule has 1 fully saturated rings. The van der Waals surface area contributed by atoms with Gasteiger partial charge in [0.2, 0.25) is 0 Å². The van der Waals surface area contributed by atoms with Crippen LogP contribution < -0.4 is 0 Å². The SMILES string of the molecule is Cc1ccc(S(=O)(=O)N2CCN(C(=O)c3ccc(-c4ccccc4F)o3)CC2)s1. The van der Waals surface area contributed by atoms with Crippen molar-refractivity contribution in [2.24, 2.45) is 0 Å². The zero-order valence-electron chi connectivity index (χ0n) is 15.7. The van der Waals surface area contributed by atoms with Crippen LogP contribution in [0.25, 0.3) is 11.3 Å². The summed E-state index contributed by atoms with van der Waals surface area (Å²) < 4.78 is 46.6. The molecule has 0 unspecified atom stereocenters. The van der Waals surface area contributed by atoms with Crippen LogP contribution in [0.5, 0.6) is 0 Å². The number of sulfonamides is 1. The molecule has 3 heterocycles. The Morgan fingerprint density at radius 1 is 1.03 bits per heavy atom. The fourth-order valence-electron chi connectivity index (χ4n) is 3.22. The van der Waals surface area contributed by atoms with Gasteiger partial charge in [0.1, 0.15) is 15.8 Å². The monoisotopic (exact) mass is 434 g/mol. The third kappa shape index (κ3) is 3.85. The van der Waals surface area contributed by atoms with Gasteiger partial charge < -0.3 is 9.32 Å².